The average molecular weight is 661 g/mol. The van der Waals surface area contributed by atoms with Crippen molar-refractivity contribution in [3.63, 3.8) is 0 Å². The monoisotopic (exact) mass is 660 g/mol. The van der Waals surface area contributed by atoms with Crippen LogP contribution in [0.15, 0.2) is 82.1 Å². The number of unbranched alkanes of at least 4 members (excludes halogenated alkanes) is 1. The van der Waals surface area contributed by atoms with Gasteiger partial charge in [0.2, 0.25) is 6.29 Å². The number of esters is 2. The van der Waals surface area contributed by atoms with E-state index >= 15 is 0 Å². The van der Waals surface area contributed by atoms with Crippen molar-refractivity contribution in [2.24, 2.45) is 17.8 Å². The van der Waals surface area contributed by atoms with E-state index in [4.69, 9.17) is 14.2 Å². The predicted molar refractivity (Wildman–Crippen MR) is 169 cm³/mol. The topological polar surface area (TPSA) is 130 Å². The molecule has 45 heavy (non-hydrogen) atoms. The highest BCUT2D eigenvalue weighted by Gasteiger charge is 2.41. The Morgan fingerprint density at radius 3 is 1.98 bits per heavy atom. The Morgan fingerprint density at radius 1 is 0.889 bits per heavy atom. The lowest BCUT2D eigenvalue weighted by atomic mass is 9.75. The molecule has 11 heteroatoms. The Hall–Kier alpha value is -3.02. The molecular weight excluding hydrogens is 616 g/mol. The highest BCUT2D eigenvalue weighted by Crippen LogP contribution is 2.37. The maximum Gasteiger partial charge on any atom is 0.340 e. The van der Waals surface area contributed by atoms with Crippen molar-refractivity contribution in [2.75, 3.05) is 0 Å². The summed E-state index contributed by atoms with van der Waals surface area (Å²) in [4.78, 5) is 24.8. The molecule has 0 aromatic heterocycles. The van der Waals surface area contributed by atoms with E-state index in [0.717, 1.165) is 19.3 Å². The first-order valence-corrected chi connectivity index (χ1v) is 18.7. The van der Waals surface area contributed by atoms with Crippen molar-refractivity contribution in [1.82, 2.24) is 0 Å². The van der Waals surface area contributed by atoms with Crippen molar-refractivity contribution in [3.05, 3.63) is 72.3 Å². The second kappa shape index (κ2) is 15.0. The molecule has 0 unspecified atom stereocenters. The third kappa shape index (κ3) is 8.62. The van der Waals surface area contributed by atoms with Gasteiger partial charge in [0.25, 0.3) is 0 Å². The van der Waals surface area contributed by atoms with E-state index in [-0.39, 0.29) is 47.2 Å². The molecule has 5 atom stereocenters. The largest absolute Gasteiger partial charge is 0.457 e. The lowest BCUT2D eigenvalue weighted by Gasteiger charge is -2.37. The third-order valence-electron chi connectivity index (χ3n) is 8.69. The molecule has 0 spiro atoms. The van der Waals surface area contributed by atoms with E-state index < -0.39 is 48.6 Å². The van der Waals surface area contributed by atoms with Gasteiger partial charge in [-0.2, -0.15) is 0 Å². The molecular formula is C34H44O9S2. The van der Waals surface area contributed by atoms with E-state index in [1.54, 1.807) is 42.5 Å². The van der Waals surface area contributed by atoms with Gasteiger partial charge in [-0.25, -0.2) is 21.6 Å². The normalized spacial score (nSPS) is 23.1. The maximum absolute atomic E-state index is 13.6. The van der Waals surface area contributed by atoms with Gasteiger partial charge < -0.3 is 14.2 Å². The Labute approximate surface area is 267 Å². The molecule has 0 saturated heterocycles. The van der Waals surface area contributed by atoms with Crippen LogP contribution in [0.2, 0.25) is 0 Å². The molecule has 246 valence electrons. The van der Waals surface area contributed by atoms with E-state index in [1.165, 1.54) is 31.2 Å². The zero-order chi connectivity index (χ0) is 32.8. The van der Waals surface area contributed by atoms with Gasteiger partial charge in [-0.3, -0.25) is 4.79 Å². The van der Waals surface area contributed by atoms with Crippen molar-refractivity contribution >= 4 is 31.6 Å². The molecule has 0 radical (unpaired) electrons. The lowest BCUT2D eigenvalue weighted by molar-refractivity contribution is -0.179. The second-order valence-corrected chi connectivity index (χ2v) is 17.0. The molecule has 0 amide bonds. The number of hydrogen-bond acceptors (Lipinski definition) is 9. The fraction of sp³-hybridized carbons (Fsp3) is 0.529. The molecule has 1 aliphatic heterocycles. The number of rotatable bonds is 14. The van der Waals surface area contributed by atoms with Gasteiger partial charge in [0.15, 0.2) is 24.3 Å². The number of carbonyl (C=O) groups is 2. The molecule has 0 N–H and O–H groups in total. The van der Waals surface area contributed by atoms with Crippen LogP contribution in [-0.2, 0) is 43.5 Å². The van der Waals surface area contributed by atoms with Crippen LogP contribution in [0.4, 0.5) is 0 Å². The number of sulfone groups is 2. The van der Waals surface area contributed by atoms with Gasteiger partial charge in [0, 0.05) is 6.92 Å². The van der Waals surface area contributed by atoms with Crippen LogP contribution in [0, 0.1) is 17.8 Å². The second-order valence-electron chi connectivity index (χ2n) is 12.4. The first-order chi connectivity index (χ1) is 21.3. The van der Waals surface area contributed by atoms with Crippen LogP contribution >= 0.6 is 0 Å². The Bertz CT molecular complexity index is 1480. The van der Waals surface area contributed by atoms with Gasteiger partial charge in [-0.15, -0.1) is 0 Å². The summed E-state index contributed by atoms with van der Waals surface area (Å²) in [6.07, 6.45) is 3.15. The average Bonchev–Trinajstić information content (AvgIpc) is 3.36. The van der Waals surface area contributed by atoms with Crippen molar-refractivity contribution < 1.29 is 40.6 Å². The minimum absolute atomic E-state index is 0.0654. The van der Waals surface area contributed by atoms with Gasteiger partial charge in [-0.05, 0) is 80.2 Å². The summed E-state index contributed by atoms with van der Waals surface area (Å²) >= 11 is 0. The first kappa shape index (κ1) is 34.8. The van der Waals surface area contributed by atoms with Gasteiger partial charge in [-0.1, -0.05) is 70.0 Å². The standard InChI is InChI=1S/C34H44O9S2/c1-23(2)28-20-19-24(3)21-31(28)42-32-22-29(34(36)43-32)30(41-25(4)35)17-11-12-18-33(44(37,38)26-13-7-5-8-14-26)45(39,40)27-15-9-6-10-16-27/h5-10,13-16,22-24,28,30-33H,11-12,17-21H2,1-4H3/t24-,28+,30+,31-,32-/m1/s1. The summed E-state index contributed by atoms with van der Waals surface area (Å²) in [7, 11) is -8.53. The predicted octanol–water partition coefficient (Wildman–Crippen LogP) is 6.04. The number of benzene rings is 2. The number of cyclic esters (lactones) is 1. The quantitative estimate of drug-likeness (QED) is 0.176. The van der Waals surface area contributed by atoms with Crippen LogP contribution in [0.5, 0.6) is 0 Å². The van der Waals surface area contributed by atoms with Crippen LogP contribution in [0.1, 0.15) is 72.6 Å². The van der Waals surface area contributed by atoms with E-state index in [0.29, 0.717) is 17.8 Å². The van der Waals surface area contributed by atoms with Gasteiger partial charge in [0.1, 0.15) is 6.10 Å². The van der Waals surface area contributed by atoms with Gasteiger partial charge in [0.05, 0.1) is 21.5 Å². The van der Waals surface area contributed by atoms with E-state index in [9.17, 15) is 26.4 Å². The smallest absolute Gasteiger partial charge is 0.340 e. The molecule has 1 heterocycles. The molecule has 1 aliphatic carbocycles. The third-order valence-corrected chi connectivity index (χ3v) is 13.9. The molecule has 1 saturated carbocycles. The highest BCUT2D eigenvalue weighted by atomic mass is 32.3. The first-order valence-electron chi connectivity index (χ1n) is 15.6. The summed E-state index contributed by atoms with van der Waals surface area (Å²) in [6.45, 7) is 7.76. The molecule has 0 bridgehead atoms. The fourth-order valence-electron chi connectivity index (χ4n) is 6.29. The van der Waals surface area contributed by atoms with Gasteiger partial charge >= 0.3 is 11.9 Å². The molecule has 2 aromatic carbocycles. The summed E-state index contributed by atoms with van der Waals surface area (Å²) in [5.74, 6) is 0.0354. The minimum Gasteiger partial charge on any atom is -0.457 e. The number of ether oxygens (including phenoxy) is 3. The summed E-state index contributed by atoms with van der Waals surface area (Å²) in [5.41, 5.74) is 0.172. The van der Waals surface area contributed by atoms with Crippen molar-refractivity contribution in [1.29, 1.82) is 0 Å². The highest BCUT2D eigenvalue weighted by molar-refractivity contribution is 8.09. The van der Waals surface area contributed by atoms with Crippen molar-refractivity contribution in [3.8, 4) is 0 Å². The zero-order valence-corrected chi connectivity index (χ0v) is 28.0. The molecule has 1 fully saturated rings. The van der Waals surface area contributed by atoms with Crippen LogP contribution in [-0.4, -0.2) is 51.9 Å². The number of carbonyl (C=O) groups excluding carboxylic acids is 2. The SMILES string of the molecule is CC(=O)O[C@@H](CCCCC(S(=O)(=O)c1ccccc1)S(=O)(=O)c1ccccc1)C1=C[C@H](O[C@@H]2C[C@H](C)CC[C@H]2C(C)C)OC1=O. The molecule has 4 rings (SSSR count). The molecule has 2 aliphatic rings. The number of hydrogen-bond donors (Lipinski definition) is 0. The van der Waals surface area contributed by atoms with Crippen LogP contribution in [0.25, 0.3) is 0 Å². The fourth-order valence-corrected chi connectivity index (χ4v) is 10.9. The summed E-state index contributed by atoms with van der Waals surface area (Å²) < 4.78 is 70.1. The summed E-state index contributed by atoms with van der Waals surface area (Å²) in [5, 5.41) is 0. The Balaban J connectivity index is 1.48. The Kier molecular flexibility index (Phi) is 11.7. The molecule has 2 aromatic rings. The lowest BCUT2D eigenvalue weighted by Crippen LogP contribution is -2.36. The van der Waals surface area contributed by atoms with E-state index in [1.807, 2.05) is 0 Å². The van der Waals surface area contributed by atoms with Crippen LogP contribution in [0.3, 0.4) is 0 Å². The zero-order valence-electron chi connectivity index (χ0n) is 26.3. The molecule has 9 nitrogen and oxygen atoms in total. The van der Waals surface area contributed by atoms with Crippen molar-refractivity contribution in [2.45, 2.75) is 106 Å². The minimum atomic E-state index is -4.26. The summed E-state index contributed by atoms with van der Waals surface area (Å²) in [6, 6.07) is 15.0. The Morgan fingerprint density at radius 2 is 1.44 bits per heavy atom. The van der Waals surface area contributed by atoms with E-state index in [2.05, 4.69) is 20.8 Å². The maximum atomic E-state index is 13.6. The van der Waals surface area contributed by atoms with Crippen LogP contribution < -0.4 is 0 Å².